The van der Waals surface area contributed by atoms with E-state index in [0.29, 0.717) is 5.41 Å². The molecule has 4 atom stereocenters. The van der Waals surface area contributed by atoms with Crippen molar-refractivity contribution in [3.63, 3.8) is 0 Å². The van der Waals surface area contributed by atoms with Gasteiger partial charge in [-0.25, -0.2) is 0 Å². The number of rotatable bonds is 7. The van der Waals surface area contributed by atoms with Crippen LogP contribution in [0.2, 0.25) is 0 Å². The summed E-state index contributed by atoms with van der Waals surface area (Å²) in [6.45, 7) is 32.6. The third-order valence-corrected chi connectivity index (χ3v) is 9.28. The number of hydrogen-bond acceptors (Lipinski definition) is 0. The smallest absolute Gasteiger partial charge is 0.00784 e. The van der Waals surface area contributed by atoms with Gasteiger partial charge in [-0.05, 0) is 98.9 Å². The lowest BCUT2D eigenvalue weighted by molar-refractivity contribution is 0.127. The molecule has 0 aromatic heterocycles. The molecular weight excluding hydrogens is 444 g/mol. The molecule has 0 amide bonds. The van der Waals surface area contributed by atoms with E-state index >= 15 is 0 Å². The van der Waals surface area contributed by atoms with E-state index in [-0.39, 0.29) is 12.8 Å². The van der Waals surface area contributed by atoms with Crippen LogP contribution in [0.25, 0.3) is 0 Å². The fraction of sp³-hybridized carbons (Fsp3) is 0.784. The third kappa shape index (κ3) is 10.6. The molecule has 0 nitrogen and oxygen atoms in total. The van der Waals surface area contributed by atoms with Gasteiger partial charge in [0.05, 0.1) is 0 Å². The summed E-state index contributed by atoms with van der Waals surface area (Å²) in [6, 6.07) is 0. The second-order valence-corrected chi connectivity index (χ2v) is 11.9. The summed E-state index contributed by atoms with van der Waals surface area (Å²) in [6.07, 6.45) is 21.2. The van der Waals surface area contributed by atoms with Crippen molar-refractivity contribution in [1.82, 2.24) is 0 Å². The topological polar surface area (TPSA) is 0 Å². The maximum Gasteiger partial charge on any atom is -0.00784 e. The van der Waals surface area contributed by atoms with Crippen LogP contribution in [-0.2, 0) is 0 Å². The van der Waals surface area contributed by atoms with Crippen LogP contribution in [0.5, 0.6) is 0 Å². The first kappa shape index (κ1) is 38.1. The molecule has 0 aliphatic heterocycles. The summed E-state index contributed by atoms with van der Waals surface area (Å²) in [7, 11) is 0. The van der Waals surface area contributed by atoms with Crippen molar-refractivity contribution in [2.75, 3.05) is 0 Å². The molecule has 218 valence electrons. The Hall–Kier alpha value is -1.04. The average molecular weight is 515 g/mol. The molecule has 3 aliphatic carbocycles. The Labute approximate surface area is 236 Å². The summed E-state index contributed by atoms with van der Waals surface area (Å²) < 4.78 is 0. The van der Waals surface area contributed by atoms with Crippen LogP contribution in [0.15, 0.2) is 47.6 Å². The highest BCUT2D eigenvalue weighted by molar-refractivity contribution is 5.38. The van der Waals surface area contributed by atoms with Gasteiger partial charge in [0.1, 0.15) is 0 Å². The molecule has 4 unspecified atom stereocenters. The van der Waals surface area contributed by atoms with E-state index in [1.807, 2.05) is 41.5 Å². The van der Waals surface area contributed by atoms with Crippen molar-refractivity contribution in [3.8, 4) is 0 Å². The van der Waals surface area contributed by atoms with Crippen LogP contribution in [0, 0.1) is 28.6 Å². The minimum atomic E-state index is 0. The van der Waals surface area contributed by atoms with Gasteiger partial charge in [0.2, 0.25) is 0 Å². The van der Waals surface area contributed by atoms with Crippen LogP contribution >= 0.6 is 0 Å². The van der Waals surface area contributed by atoms with E-state index in [2.05, 4.69) is 59.9 Å². The standard InChI is InChI=1S/C30H48.3C2H6.CH4/c1-22(2)11-8-9-13-27-16-17-28-26(12-10-19-30(27,28)7)15-14-25-18-20-29(6,23(3)4)21-24(25)5;3*1-2;/h14-15,22,27-28H,3,5,8-13,16-21H2,1-2,4,6-7H3;3*1-2H3;1H4/b25-14+,26-15+;;;;. The number of fused-ring (bicyclic) bond motifs is 1. The van der Waals surface area contributed by atoms with E-state index in [1.54, 1.807) is 5.57 Å². The first-order valence-corrected chi connectivity index (χ1v) is 15.9. The molecule has 0 bridgehead atoms. The third-order valence-electron chi connectivity index (χ3n) is 9.28. The van der Waals surface area contributed by atoms with Crippen LogP contribution in [-0.4, -0.2) is 0 Å². The molecule has 0 N–H and O–H groups in total. The van der Waals surface area contributed by atoms with Gasteiger partial charge in [0.25, 0.3) is 0 Å². The second-order valence-electron chi connectivity index (χ2n) is 11.9. The Morgan fingerprint density at radius 3 is 2.11 bits per heavy atom. The molecule has 3 fully saturated rings. The van der Waals surface area contributed by atoms with Gasteiger partial charge >= 0.3 is 0 Å². The highest BCUT2D eigenvalue weighted by atomic mass is 14.5. The number of hydrogen-bond donors (Lipinski definition) is 0. The van der Waals surface area contributed by atoms with Crippen LogP contribution in [0.3, 0.4) is 0 Å². The summed E-state index contributed by atoms with van der Waals surface area (Å²) in [5, 5.41) is 0. The highest BCUT2D eigenvalue weighted by Gasteiger charge is 2.48. The van der Waals surface area contributed by atoms with Crippen LogP contribution in [0.1, 0.15) is 161 Å². The summed E-state index contributed by atoms with van der Waals surface area (Å²) in [4.78, 5) is 0. The van der Waals surface area contributed by atoms with Gasteiger partial charge in [-0.2, -0.15) is 0 Å². The molecule has 0 radical (unpaired) electrons. The fourth-order valence-corrected chi connectivity index (χ4v) is 6.80. The first-order valence-electron chi connectivity index (χ1n) is 15.9. The normalized spacial score (nSPS) is 30.6. The fourth-order valence-electron chi connectivity index (χ4n) is 6.80. The summed E-state index contributed by atoms with van der Waals surface area (Å²) in [5.74, 6) is 2.64. The molecule has 0 heterocycles. The molecule has 3 aliphatic rings. The van der Waals surface area contributed by atoms with E-state index in [4.69, 9.17) is 0 Å². The molecule has 0 aromatic rings. The Morgan fingerprint density at radius 2 is 1.57 bits per heavy atom. The largest absolute Gasteiger partial charge is 0.0996 e. The van der Waals surface area contributed by atoms with Gasteiger partial charge in [-0.1, -0.05) is 138 Å². The zero-order valence-corrected chi connectivity index (χ0v) is 26.8. The highest BCUT2D eigenvalue weighted by Crippen LogP contribution is 2.58. The average Bonchev–Trinajstić information content (AvgIpc) is 3.21. The zero-order valence-electron chi connectivity index (χ0n) is 26.8. The zero-order chi connectivity index (χ0) is 27.9. The Morgan fingerprint density at radius 1 is 0.946 bits per heavy atom. The molecule has 37 heavy (non-hydrogen) atoms. The first-order chi connectivity index (χ1) is 17.2. The lowest BCUT2D eigenvalue weighted by Crippen LogP contribution is -2.33. The predicted octanol–water partition coefficient (Wildman–Crippen LogP) is 13.3. The quantitative estimate of drug-likeness (QED) is 0.234. The van der Waals surface area contributed by atoms with E-state index in [9.17, 15) is 0 Å². The molecular formula is C37H70. The van der Waals surface area contributed by atoms with Crippen molar-refractivity contribution in [3.05, 3.63) is 47.6 Å². The van der Waals surface area contributed by atoms with Crippen molar-refractivity contribution >= 4 is 0 Å². The molecule has 0 spiro atoms. The SMILES string of the molecule is C.C=C1CC(C)(C(=C)C)CC/C1=C\C=C1/CCCC2(C)C(CCCCC(C)C)CCC12.CC.CC.CC. The minimum Gasteiger partial charge on any atom is -0.0996 e. The number of allylic oxidation sites excluding steroid dienone is 6. The molecule has 0 heteroatoms. The van der Waals surface area contributed by atoms with Crippen LogP contribution < -0.4 is 0 Å². The summed E-state index contributed by atoms with van der Waals surface area (Å²) in [5.41, 5.74) is 6.71. The maximum absolute atomic E-state index is 4.44. The van der Waals surface area contributed by atoms with Crippen molar-refractivity contribution < 1.29 is 0 Å². The second kappa shape index (κ2) is 19.1. The molecule has 0 aromatic carbocycles. The van der Waals surface area contributed by atoms with Crippen molar-refractivity contribution in [2.45, 2.75) is 161 Å². The van der Waals surface area contributed by atoms with E-state index in [0.717, 1.165) is 30.6 Å². The Kier molecular flexibility index (Phi) is 19.7. The van der Waals surface area contributed by atoms with Crippen molar-refractivity contribution in [2.24, 2.45) is 28.6 Å². The van der Waals surface area contributed by atoms with Gasteiger partial charge in [0.15, 0.2) is 0 Å². The Balaban J connectivity index is 0. The van der Waals surface area contributed by atoms with Crippen molar-refractivity contribution in [1.29, 1.82) is 0 Å². The molecule has 0 saturated heterocycles. The monoisotopic (exact) mass is 515 g/mol. The van der Waals surface area contributed by atoms with E-state index in [1.165, 1.54) is 80.9 Å². The van der Waals surface area contributed by atoms with Gasteiger partial charge < -0.3 is 0 Å². The lowest BCUT2D eigenvalue weighted by Gasteiger charge is -2.42. The maximum atomic E-state index is 4.44. The lowest BCUT2D eigenvalue weighted by atomic mass is 9.62. The van der Waals surface area contributed by atoms with Gasteiger partial charge in [-0.15, -0.1) is 0 Å². The van der Waals surface area contributed by atoms with E-state index < -0.39 is 0 Å². The number of unbranched alkanes of at least 4 members (excludes halogenated alkanes) is 1. The summed E-state index contributed by atoms with van der Waals surface area (Å²) >= 11 is 0. The van der Waals surface area contributed by atoms with Gasteiger partial charge in [-0.3, -0.25) is 0 Å². The van der Waals surface area contributed by atoms with Crippen LogP contribution in [0.4, 0.5) is 0 Å². The van der Waals surface area contributed by atoms with Gasteiger partial charge in [0, 0.05) is 0 Å². The Bertz CT molecular complexity index is 702. The predicted molar refractivity (Wildman–Crippen MR) is 174 cm³/mol. The molecule has 3 rings (SSSR count). The molecule has 3 saturated carbocycles. The minimum absolute atomic E-state index is 0.